The molecule has 0 saturated carbocycles. The Balaban J connectivity index is 1.52. The molecule has 0 aliphatic heterocycles. The Bertz CT molecular complexity index is 1200. The molecule has 156 valence electrons. The van der Waals surface area contributed by atoms with E-state index in [1.807, 2.05) is 59.3 Å². The quantitative estimate of drug-likeness (QED) is 0.220. The number of hydrogen-bond donors (Lipinski definition) is 1. The number of aromatic nitrogens is 4. The van der Waals surface area contributed by atoms with Crippen LogP contribution in [-0.4, -0.2) is 37.6 Å². The van der Waals surface area contributed by atoms with Crippen molar-refractivity contribution in [2.24, 2.45) is 5.10 Å². The van der Waals surface area contributed by atoms with Crippen molar-refractivity contribution in [1.29, 1.82) is 0 Å². The summed E-state index contributed by atoms with van der Waals surface area (Å²) in [5.74, 6) is 0.622. The van der Waals surface area contributed by atoms with Gasteiger partial charge in [0.25, 0.3) is 5.91 Å². The summed E-state index contributed by atoms with van der Waals surface area (Å²) < 4.78 is 2.90. The van der Waals surface area contributed by atoms with Gasteiger partial charge in [0.15, 0.2) is 11.0 Å². The first-order chi connectivity index (χ1) is 15.1. The van der Waals surface area contributed by atoms with Crippen molar-refractivity contribution in [2.75, 3.05) is 5.75 Å². The summed E-state index contributed by atoms with van der Waals surface area (Å²) in [5.41, 5.74) is 5.48. The molecule has 1 N–H and O–H groups in total. The highest BCUT2D eigenvalue weighted by Gasteiger charge is 2.17. The van der Waals surface area contributed by atoms with Gasteiger partial charge in [-0.3, -0.25) is 14.3 Å². The van der Waals surface area contributed by atoms with E-state index in [1.165, 1.54) is 11.8 Å². The number of thioether (sulfide) groups is 1. The average molecular weight is 513 g/mol. The summed E-state index contributed by atoms with van der Waals surface area (Å²) in [6, 6.07) is 13.6. The Kier molecular flexibility index (Phi) is 6.90. The lowest BCUT2D eigenvalue weighted by Gasteiger charge is -2.10. The van der Waals surface area contributed by atoms with Crippen molar-refractivity contribution in [3.05, 3.63) is 75.2 Å². The first-order valence-electron chi connectivity index (χ1n) is 9.22. The van der Waals surface area contributed by atoms with Crippen LogP contribution in [0.3, 0.4) is 0 Å². The zero-order chi connectivity index (χ0) is 21.6. The molecule has 0 unspecified atom stereocenters. The molecule has 0 bridgehead atoms. The second-order valence-electron chi connectivity index (χ2n) is 6.40. The average Bonchev–Trinajstić information content (AvgIpc) is 3.40. The highest BCUT2D eigenvalue weighted by molar-refractivity contribution is 9.10. The third kappa shape index (κ3) is 5.27. The normalized spacial score (nSPS) is 11.2. The van der Waals surface area contributed by atoms with E-state index in [0.29, 0.717) is 11.0 Å². The van der Waals surface area contributed by atoms with Crippen molar-refractivity contribution < 1.29 is 4.79 Å². The van der Waals surface area contributed by atoms with Crippen molar-refractivity contribution in [1.82, 2.24) is 25.2 Å². The van der Waals surface area contributed by atoms with Crippen molar-refractivity contribution in [2.45, 2.75) is 12.1 Å². The number of thiophene rings is 1. The van der Waals surface area contributed by atoms with Crippen LogP contribution >= 0.6 is 39.0 Å². The fraction of sp³-hybridized carbons (Fsp3) is 0.0952. The molecule has 0 aliphatic rings. The van der Waals surface area contributed by atoms with E-state index in [1.54, 1.807) is 29.9 Å². The maximum atomic E-state index is 12.3. The number of benzene rings is 1. The summed E-state index contributed by atoms with van der Waals surface area (Å²) >= 11 is 6.34. The minimum atomic E-state index is -0.216. The molecule has 4 aromatic rings. The first kappa shape index (κ1) is 21.4. The van der Waals surface area contributed by atoms with Crippen molar-refractivity contribution in [3.8, 4) is 17.1 Å². The third-order valence-electron chi connectivity index (χ3n) is 4.26. The van der Waals surface area contributed by atoms with Gasteiger partial charge < -0.3 is 0 Å². The Hall–Kier alpha value is -2.82. The number of carbonyl (C=O) groups excluding carboxylic acids is 1. The number of pyridine rings is 1. The molecule has 3 aromatic heterocycles. The molecule has 10 heteroatoms. The molecular formula is C21H17BrN6OS2. The second-order valence-corrected chi connectivity index (χ2v) is 9.21. The maximum absolute atomic E-state index is 12.3. The van der Waals surface area contributed by atoms with E-state index < -0.39 is 0 Å². The standard InChI is InChI=1S/C21H17BrN6OS2/c1-14-8-11-30-18(14)12-24-25-19(29)13-31-21-27-26-20(15-6-9-23-10-7-15)28(21)17-4-2-16(22)3-5-17/h2-12H,13H2,1H3,(H,25,29)/b24-12-. The molecule has 0 radical (unpaired) electrons. The Labute approximate surface area is 195 Å². The summed E-state index contributed by atoms with van der Waals surface area (Å²) in [7, 11) is 0. The monoisotopic (exact) mass is 512 g/mol. The Morgan fingerprint density at radius 1 is 1.19 bits per heavy atom. The van der Waals surface area contributed by atoms with Crippen molar-refractivity contribution in [3.63, 3.8) is 0 Å². The lowest BCUT2D eigenvalue weighted by atomic mass is 10.2. The van der Waals surface area contributed by atoms with Crippen LogP contribution in [0.5, 0.6) is 0 Å². The highest BCUT2D eigenvalue weighted by atomic mass is 79.9. The van der Waals surface area contributed by atoms with Gasteiger partial charge in [-0.25, -0.2) is 5.43 Å². The summed E-state index contributed by atoms with van der Waals surface area (Å²) in [6.07, 6.45) is 5.08. The van der Waals surface area contributed by atoms with E-state index in [-0.39, 0.29) is 11.7 Å². The third-order valence-corrected chi connectivity index (χ3v) is 6.67. The second kappa shape index (κ2) is 9.99. The number of aryl methyl sites for hydroxylation is 1. The minimum Gasteiger partial charge on any atom is -0.272 e. The number of nitrogens with zero attached hydrogens (tertiary/aromatic N) is 5. The van der Waals surface area contributed by atoms with Gasteiger partial charge in [-0.2, -0.15) is 5.10 Å². The molecule has 1 amide bonds. The van der Waals surface area contributed by atoms with Crippen LogP contribution in [0, 0.1) is 6.92 Å². The molecule has 0 fully saturated rings. The highest BCUT2D eigenvalue weighted by Crippen LogP contribution is 2.28. The van der Waals surface area contributed by atoms with Crippen LogP contribution in [0.15, 0.2) is 75.0 Å². The van der Waals surface area contributed by atoms with Crippen LogP contribution < -0.4 is 5.43 Å². The van der Waals surface area contributed by atoms with E-state index in [2.05, 4.69) is 41.6 Å². The SMILES string of the molecule is Cc1ccsc1/C=N\NC(=O)CSc1nnc(-c2ccncc2)n1-c1ccc(Br)cc1. The van der Waals surface area contributed by atoms with Gasteiger partial charge in [0.1, 0.15) is 0 Å². The zero-order valence-corrected chi connectivity index (χ0v) is 19.6. The topological polar surface area (TPSA) is 85.1 Å². The van der Waals surface area contributed by atoms with Gasteiger partial charge in [-0.15, -0.1) is 21.5 Å². The number of rotatable bonds is 7. The molecule has 0 spiro atoms. The molecular weight excluding hydrogens is 496 g/mol. The minimum absolute atomic E-state index is 0.159. The Morgan fingerprint density at radius 2 is 1.97 bits per heavy atom. The first-order valence-corrected chi connectivity index (χ1v) is 11.9. The van der Waals surface area contributed by atoms with E-state index in [0.717, 1.165) is 26.2 Å². The van der Waals surface area contributed by atoms with Crippen LogP contribution in [-0.2, 0) is 4.79 Å². The molecule has 3 heterocycles. The van der Waals surface area contributed by atoms with E-state index >= 15 is 0 Å². The van der Waals surface area contributed by atoms with Gasteiger partial charge in [-0.1, -0.05) is 27.7 Å². The lowest BCUT2D eigenvalue weighted by Crippen LogP contribution is -2.20. The zero-order valence-electron chi connectivity index (χ0n) is 16.4. The fourth-order valence-corrected chi connectivity index (χ4v) is 4.51. The number of hydrogen-bond acceptors (Lipinski definition) is 7. The number of hydrazone groups is 1. The van der Waals surface area contributed by atoms with Gasteiger partial charge in [0, 0.05) is 33.0 Å². The molecule has 0 aliphatic carbocycles. The largest absolute Gasteiger partial charge is 0.272 e. The summed E-state index contributed by atoms with van der Waals surface area (Å²) in [4.78, 5) is 17.4. The van der Waals surface area contributed by atoms with Gasteiger partial charge in [-0.05, 0) is 60.3 Å². The predicted octanol–water partition coefficient (Wildman–Crippen LogP) is 4.70. The number of nitrogens with one attached hydrogen (secondary N) is 1. The maximum Gasteiger partial charge on any atom is 0.250 e. The molecule has 1 aromatic carbocycles. The molecule has 31 heavy (non-hydrogen) atoms. The van der Waals surface area contributed by atoms with E-state index in [9.17, 15) is 4.79 Å². The molecule has 0 atom stereocenters. The van der Waals surface area contributed by atoms with Gasteiger partial charge in [0.2, 0.25) is 0 Å². The predicted molar refractivity (Wildman–Crippen MR) is 128 cm³/mol. The number of amides is 1. The molecule has 7 nitrogen and oxygen atoms in total. The Morgan fingerprint density at radius 3 is 2.68 bits per heavy atom. The smallest absolute Gasteiger partial charge is 0.250 e. The van der Waals surface area contributed by atoms with Gasteiger partial charge >= 0.3 is 0 Å². The van der Waals surface area contributed by atoms with E-state index in [4.69, 9.17) is 0 Å². The summed E-state index contributed by atoms with van der Waals surface area (Å²) in [5, 5.41) is 15.3. The fourth-order valence-electron chi connectivity index (χ4n) is 2.72. The van der Waals surface area contributed by atoms with Crippen LogP contribution in [0.1, 0.15) is 10.4 Å². The van der Waals surface area contributed by atoms with Crippen LogP contribution in [0.2, 0.25) is 0 Å². The number of halogens is 1. The summed E-state index contributed by atoms with van der Waals surface area (Å²) in [6.45, 7) is 2.00. The number of carbonyl (C=O) groups is 1. The lowest BCUT2D eigenvalue weighted by molar-refractivity contribution is -0.118. The van der Waals surface area contributed by atoms with Crippen molar-refractivity contribution >= 4 is 51.2 Å². The van der Waals surface area contributed by atoms with Crippen LogP contribution in [0.4, 0.5) is 0 Å². The molecule has 4 rings (SSSR count). The molecule has 0 saturated heterocycles. The van der Waals surface area contributed by atoms with Crippen LogP contribution in [0.25, 0.3) is 17.1 Å². The van der Waals surface area contributed by atoms with Gasteiger partial charge in [0.05, 0.1) is 12.0 Å².